The van der Waals surface area contributed by atoms with Crippen LogP contribution in [0, 0.1) is 0 Å². The molecule has 11 nitrogen and oxygen atoms in total. The molecule has 0 saturated heterocycles. The number of ether oxygens (including phenoxy) is 2. The van der Waals surface area contributed by atoms with Crippen LogP contribution in [0.25, 0.3) is 0 Å². The first-order valence-corrected chi connectivity index (χ1v) is 24.4. The number of hydrogen-bond acceptors (Lipinski definition) is 9. The van der Waals surface area contributed by atoms with Crippen molar-refractivity contribution in [3.05, 3.63) is 109 Å². The van der Waals surface area contributed by atoms with E-state index in [9.17, 15) is 23.8 Å². The summed E-state index contributed by atoms with van der Waals surface area (Å²) in [4.78, 5) is 46.0. The summed E-state index contributed by atoms with van der Waals surface area (Å²) in [6.07, 6.45) is 57.2. The first kappa shape index (κ1) is 58.1. The Morgan fingerprint density at radius 1 is 0.516 bits per heavy atom. The summed E-state index contributed by atoms with van der Waals surface area (Å²) >= 11 is 0. The molecule has 3 atom stereocenters. The molecule has 0 bridgehead atoms. The molecule has 12 heteroatoms. The first-order valence-electron chi connectivity index (χ1n) is 22.9. The van der Waals surface area contributed by atoms with Crippen molar-refractivity contribution in [3.8, 4) is 0 Å². The van der Waals surface area contributed by atoms with Crippen LogP contribution in [0.5, 0.6) is 0 Å². The molecule has 0 rings (SSSR count). The number of carboxylic acids is 1. The second-order valence-electron chi connectivity index (χ2n) is 14.8. The Hall–Kier alpha value is -3.86. The number of phosphoric acid groups is 1. The third-order valence-corrected chi connectivity index (χ3v) is 9.96. The van der Waals surface area contributed by atoms with Gasteiger partial charge in [-0.1, -0.05) is 149 Å². The molecule has 350 valence electrons. The van der Waals surface area contributed by atoms with E-state index in [0.717, 1.165) is 96.3 Å². The number of aliphatic carboxylic acids is 1. The molecular weight excluding hydrogens is 806 g/mol. The van der Waals surface area contributed by atoms with Gasteiger partial charge in [0.05, 0.1) is 13.2 Å². The molecule has 0 aromatic heterocycles. The molecule has 0 saturated carbocycles. The molecule has 0 aliphatic carbocycles. The quantitative estimate of drug-likeness (QED) is 0.0231. The fourth-order valence-electron chi connectivity index (χ4n) is 5.43. The van der Waals surface area contributed by atoms with Gasteiger partial charge >= 0.3 is 25.7 Å². The normalized spacial score (nSPS) is 14.6. The standard InChI is InChI=1S/C50H80NO10P/c1-3-5-7-9-11-13-15-17-19-21-23-25-27-29-31-33-35-37-39-41-48(52)58-43-46(44-59-62(56,57)60-45-47(51)50(54)55)61-49(53)42-40-38-36-34-32-30-28-26-24-22-20-18-16-14-12-10-8-6-4-2/h5,7,11-14,17-20,23-26,29-32,46-47H,3-4,6,8-10,15-16,21-22,27-28,33-45,51H2,1-2H3,(H,54,55)(H,56,57)/b7-5-,13-11-,14-12-,19-17-,20-18-,25-23-,26-24-,31-29-,32-30-/t46-,47+/m1/s1. The maximum absolute atomic E-state index is 12.6. The summed E-state index contributed by atoms with van der Waals surface area (Å²) in [6, 6.07) is -1.54. The zero-order valence-corrected chi connectivity index (χ0v) is 38.8. The SMILES string of the molecule is CC/C=C\C/C=C\C/C=C\C/C=C\C/C=C\CCCCCC(=O)OC[C@H](COP(=O)(O)OC[C@H](N)C(=O)O)OC(=O)CCCCC/C=C\C/C=C\C/C=C\C/C=C\CCCCC. The zero-order chi connectivity index (χ0) is 45.6. The molecule has 62 heavy (non-hydrogen) atoms. The van der Waals surface area contributed by atoms with Gasteiger partial charge in [0.25, 0.3) is 0 Å². The highest BCUT2D eigenvalue weighted by molar-refractivity contribution is 7.47. The van der Waals surface area contributed by atoms with Crippen LogP contribution in [-0.2, 0) is 37.5 Å². The summed E-state index contributed by atoms with van der Waals surface area (Å²) in [5, 5.41) is 8.90. The first-order chi connectivity index (χ1) is 30.1. The molecule has 0 heterocycles. The lowest BCUT2D eigenvalue weighted by atomic mass is 10.1. The Bertz CT molecular complexity index is 1460. The highest BCUT2D eigenvalue weighted by Gasteiger charge is 2.28. The topological polar surface area (TPSA) is 172 Å². The molecule has 0 aromatic carbocycles. The van der Waals surface area contributed by atoms with Gasteiger partial charge in [0.1, 0.15) is 12.6 Å². The number of carboxylic acid groups (broad SMARTS) is 1. The minimum absolute atomic E-state index is 0.109. The summed E-state index contributed by atoms with van der Waals surface area (Å²) in [5.41, 5.74) is 5.33. The van der Waals surface area contributed by atoms with Crippen LogP contribution in [-0.4, -0.2) is 59.9 Å². The van der Waals surface area contributed by atoms with Crippen LogP contribution in [0.2, 0.25) is 0 Å². The van der Waals surface area contributed by atoms with Crippen molar-refractivity contribution in [1.29, 1.82) is 0 Å². The second kappa shape index (κ2) is 43.8. The van der Waals surface area contributed by atoms with E-state index in [-0.39, 0.29) is 19.4 Å². The van der Waals surface area contributed by atoms with Crippen LogP contribution in [0.3, 0.4) is 0 Å². The van der Waals surface area contributed by atoms with Gasteiger partial charge in [-0.2, -0.15) is 0 Å². The number of nitrogens with two attached hydrogens (primary N) is 1. The van der Waals surface area contributed by atoms with Crippen molar-refractivity contribution < 1.29 is 47.5 Å². The molecule has 0 aromatic rings. The smallest absolute Gasteiger partial charge is 0.472 e. The fourth-order valence-corrected chi connectivity index (χ4v) is 6.20. The molecule has 0 spiro atoms. The number of rotatable bonds is 41. The number of unbranched alkanes of at least 4 members (excludes halogenated alkanes) is 9. The van der Waals surface area contributed by atoms with Crippen molar-refractivity contribution in [2.45, 2.75) is 167 Å². The van der Waals surface area contributed by atoms with Crippen LogP contribution in [0.15, 0.2) is 109 Å². The minimum Gasteiger partial charge on any atom is -0.480 e. The van der Waals surface area contributed by atoms with Gasteiger partial charge in [0.15, 0.2) is 6.10 Å². The average molecular weight is 886 g/mol. The number of carbonyl (C=O) groups is 3. The molecule has 0 amide bonds. The van der Waals surface area contributed by atoms with Crippen LogP contribution < -0.4 is 5.73 Å². The summed E-state index contributed by atoms with van der Waals surface area (Å²) in [5.74, 6) is -2.48. The Balaban J connectivity index is 4.49. The van der Waals surface area contributed by atoms with Gasteiger partial charge in [-0.25, -0.2) is 4.57 Å². The Morgan fingerprint density at radius 3 is 1.32 bits per heavy atom. The van der Waals surface area contributed by atoms with E-state index in [1.165, 1.54) is 19.3 Å². The van der Waals surface area contributed by atoms with Gasteiger partial charge < -0.3 is 25.2 Å². The van der Waals surface area contributed by atoms with Gasteiger partial charge in [-0.3, -0.25) is 23.4 Å². The van der Waals surface area contributed by atoms with Crippen molar-refractivity contribution in [2.75, 3.05) is 19.8 Å². The maximum Gasteiger partial charge on any atom is 0.472 e. The Labute approximate surface area is 374 Å². The largest absolute Gasteiger partial charge is 0.480 e. The predicted octanol–water partition coefficient (Wildman–Crippen LogP) is 12.6. The van der Waals surface area contributed by atoms with E-state index in [1.54, 1.807) is 0 Å². The molecule has 1 unspecified atom stereocenters. The minimum atomic E-state index is -4.74. The monoisotopic (exact) mass is 886 g/mol. The van der Waals surface area contributed by atoms with E-state index in [1.807, 2.05) is 0 Å². The Morgan fingerprint density at radius 2 is 0.903 bits per heavy atom. The lowest BCUT2D eigenvalue weighted by molar-refractivity contribution is -0.161. The average Bonchev–Trinajstić information content (AvgIpc) is 3.25. The van der Waals surface area contributed by atoms with Crippen LogP contribution in [0.4, 0.5) is 0 Å². The third-order valence-electron chi connectivity index (χ3n) is 9.00. The van der Waals surface area contributed by atoms with Crippen molar-refractivity contribution in [2.24, 2.45) is 5.73 Å². The predicted molar refractivity (Wildman–Crippen MR) is 253 cm³/mol. The summed E-state index contributed by atoms with van der Waals surface area (Å²) in [7, 11) is -4.74. The highest BCUT2D eigenvalue weighted by Crippen LogP contribution is 2.43. The molecular formula is C50H80NO10P. The number of esters is 2. The van der Waals surface area contributed by atoms with Gasteiger partial charge in [0, 0.05) is 12.8 Å². The van der Waals surface area contributed by atoms with E-state index in [0.29, 0.717) is 12.8 Å². The number of phosphoric ester groups is 1. The highest BCUT2D eigenvalue weighted by atomic mass is 31.2. The summed E-state index contributed by atoms with van der Waals surface area (Å²) in [6.45, 7) is 2.58. The summed E-state index contributed by atoms with van der Waals surface area (Å²) < 4.78 is 32.7. The van der Waals surface area contributed by atoms with Crippen molar-refractivity contribution in [3.63, 3.8) is 0 Å². The lowest BCUT2D eigenvalue weighted by Gasteiger charge is -2.20. The van der Waals surface area contributed by atoms with Crippen LogP contribution in [0.1, 0.15) is 155 Å². The maximum atomic E-state index is 12.6. The van der Waals surface area contributed by atoms with Gasteiger partial charge in [0.2, 0.25) is 0 Å². The van der Waals surface area contributed by atoms with Crippen LogP contribution >= 0.6 is 7.82 Å². The van der Waals surface area contributed by atoms with Crippen molar-refractivity contribution in [1.82, 2.24) is 0 Å². The molecule has 0 aliphatic rings. The number of hydrogen-bond donors (Lipinski definition) is 3. The third kappa shape index (κ3) is 42.8. The van der Waals surface area contributed by atoms with Gasteiger partial charge in [-0.15, -0.1) is 0 Å². The number of allylic oxidation sites excluding steroid dienone is 18. The van der Waals surface area contributed by atoms with E-state index in [4.69, 9.17) is 24.8 Å². The lowest BCUT2D eigenvalue weighted by Crippen LogP contribution is -2.34. The van der Waals surface area contributed by atoms with E-state index < -0.39 is 51.1 Å². The fraction of sp³-hybridized carbons (Fsp3) is 0.580. The molecule has 0 radical (unpaired) electrons. The molecule has 0 fully saturated rings. The van der Waals surface area contributed by atoms with E-state index in [2.05, 4.69) is 128 Å². The molecule has 0 aliphatic heterocycles. The second-order valence-corrected chi connectivity index (χ2v) is 16.2. The van der Waals surface area contributed by atoms with Crippen molar-refractivity contribution >= 4 is 25.7 Å². The number of carbonyl (C=O) groups excluding carboxylic acids is 2. The van der Waals surface area contributed by atoms with E-state index >= 15 is 0 Å². The zero-order valence-electron chi connectivity index (χ0n) is 37.9. The Kier molecular flexibility index (Phi) is 41.0. The van der Waals surface area contributed by atoms with Gasteiger partial charge in [-0.05, 0) is 103 Å². The molecule has 4 N–H and O–H groups in total.